The number of nitrogens with one attached hydrogen (secondary N) is 1. The van der Waals surface area contributed by atoms with Gasteiger partial charge in [-0.25, -0.2) is 4.79 Å². The van der Waals surface area contributed by atoms with Gasteiger partial charge in [0.25, 0.3) is 5.91 Å². The number of hydrogen-bond donors (Lipinski definition) is 1. The molecule has 2 aliphatic heterocycles. The van der Waals surface area contributed by atoms with Crippen molar-refractivity contribution >= 4 is 35.6 Å². The zero-order chi connectivity index (χ0) is 37.8. The van der Waals surface area contributed by atoms with E-state index in [1.807, 2.05) is 81.4 Å². The molecule has 2 aromatic carbocycles. The van der Waals surface area contributed by atoms with Crippen LogP contribution in [0.2, 0.25) is 0 Å². The van der Waals surface area contributed by atoms with E-state index < -0.39 is 30.0 Å². The number of ether oxygens (including phenoxy) is 1. The van der Waals surface area contributed by atoms with Crippen LogP contribution in [-0.2, 0) is 36.6 Å². The van der Waals surface area contributed by atoms with Crippen molar-refractivity contribution < 1.29 is 28.5 Å². The third-order valence-electron chi connectivity index (χ3n) is 12.0. The van der Waals surface area contributed by atoms with Crippen LogP contribution in [0.15, 0.2) is 72.0 Å². The van der Waals surface area contributed by atoms with E-state index in [0.29, 0.717) is 30.4 Å². The molecule has 4 fully saturated rings. The van der Waals surface area contributed by atoms with Crippen molar-refractivity contribution in [2.75, 3.05) is 6.54 Å². The minimum Gasteiger partial charge on any atom is -0.444 e. The summed E-state index contributed by atoms with van der Waals surface area (Å²) in [5.41, 5.74) is 0.00510. The molecule has 53 heavy (non-hydrogen) atoms. The van der Waals surface area contributed by atoms with Crippen LogP contribution in [0.1, 0.15) is 92.3 Å². The molecule has 1 unspecified atom stereocenters. The first-order chi connectivity index (χ1) is 25.1. The molecule has 282 valence electrons. The lowest BCUT2D eigenvalue weighted by Gasteiger charge is -2.64. The second kappa shape index (κ2) is 14.0. The largest absolute Gasteiger partial charge is 0.481 e. The molecule has 2 bridgehead atoms. The van der Waals surface area contributed by atoms with Gasteiger partial charge in [-0.15, -0.1) is 0 Å². The van der Waals surface area contributed by atoms with Crippen LogP contribution in [0.4, 0.5) is 4.79 Å². The third kappa shape index (κ3) is 7.44. The molecule has 2 amide bonds. The molecule has 3 saturated carbocycles. The van der Waals surface area contributed by atoms with Crippen molar-refractivity contribution in [1.29, 1.82) is 0 Å². The number of pyridine rings is 1. The molecule has 5 aliphatic rings. The van der Waals surface area contributed by atoms with Gasteiger partial charge in [0.15, 0.2) is 0 Å². The fraction of sp³-hybridized carbons (Fsp3) is 0.571. The molecule has 11 heteroatoms. The lowest BCUT2D eigenvalue weighted by Crippen LogP contribution is -2.65. The van der Waals surface area contributed by atoms with E-state index in [9.17, 15) is 9.59 Å². The van der Waals surface area contributed by atoms with Gasteiger partial charge in [-0.2, -0.15) is 0 Å². The van der Waals surface area contributed by atoms with Crippen molar-refractivity contribution in [1.82, 2.24) is 15.2 Å². The predicted octanol–water partition coefficient (Wildman–Crippen LogP) is 7.53. The smallest absolute Gasteiger partial charge is 0.444 e. The highest BCUT2D eigenvalue weighted by molar-refractivity contribution is 6.48. The third-order valence-corrected chi connectivity index (χ3v) is 12.0. The first-order valence-corrected chi connectivity index (χ1v) is 19.3. The Morgan fingerprint density at radius 2 is 1.75 bits per heavy atom. The number of hydrogen-bond acceptors (Lipinski definition) is 8. The van der Waals surface area contributed by atoms with Gasteiger partial charge in [0, 0.05) is 24.4 Å². The van der Waals surface area contributed by atoms with E-state index >= 15 is 0 Å². The summed E-state index contributed by atoms with van der Waals surface area (Å²) >= 11 is 0. The first kappa shape index (κ1) is 37.4. The summed E-state index contributed by atoms with van der Waals surface area (Å²) in [4.78, 5) is 41.0. The number of amides is 2. The second-order valence-corrected chi connectivity index (χ2v) is 17.9. The molecule has 0 radical (unpaired) electrons. The maximum absolute atomic E-state index is 14.7. The molecule has 8 rings (SSSR count). The molecular formula is C42H55BN4O6. The number of nitrogens with zero attached hydrogens (tertiary/aromatic N) is 3. The highest BCUT2D eigenvalue weighted by atomic mass is 16.7. The molecule has 0 spiro atoms. The van der Waals surface area contributed by atoms with Crippen molar-refractivity contribution in [3.05, 3.63) is 78.1 Å². The summed E-state index contributed by atoms with van der Waals surface area (Å²) in [6.45, 7) is 17.0. The molecule has 3 aromatic rings. The Balaban J connectivity index is 1.13. The summed E-state index contributed by atoms with van der Waals surface area (Å²) in [6.07, 6.45) is 4.54. The molecule has 1 saturated heterocycles. The fourth-order valence-electron chi connectivity index (χ4n) is 9.19. The van der Waals surface area contributed by atoms with Crippen LogP contribution in [0.5, 0.6) is 0 Å². The van der Waals surface area contributed by atoms with Crippen LogP contribution in [0.3, 0.4) is 0 Å². The number of fused-ring (bicyclic) bond motifs is 1. The lowest BCUT2D eigenvalue weighted by atomic mass is 9.43. The van der Waals surface area contributed by atoms with E-state index in [1.54, 1.807) is 11.1 Å². The van der Waals surface area contributed by atoms with Gasteiger partial charge < -0.3 is 24.2 Å². The van der Waals surface area contributed by atoms with Crippen molar-refractivity contribution in [3.63, 3.8) is 0 Å². The monoisotopic (exact) mass is 722 g/mol. The predicted molar refractivity (Wildman–Crippen MR) is 206 cm³/mol. The Kier molecular flexibility index (Phi) is 9.89. The van der Waals surface area contributed by atoms with E-state index in [1.165, 1.54) is 0 Å². The first-order valence-electron chi connectivity index (χ1n) is 19.3. The zero-order valence-corrected chi connectivity index (χ0v) is 32.6. The van der Waals surface area contributed by atoms with E-state index in [-0.39, 0.29) is 48.8 Å². The van der Waals surface area contributed by atoms with Crippen molar-refractivity contribution in [2.24, 2.45) is 28.3 Å². The van der Waals surface area contributed by atoms with Gasteiger partial charge in [0.05, 0.1) is 42.1 Å². The molecule has 6 atom stereocenters. The molecule has 1 aromatic heterocycles. The Hall–Kier alpha value is -3.96. The standard InChI is InChI=1S/C42H55BN4O6/c1-27(2)20-36(43-51-35-22-30-21-34(40(30,6)7)41(35,8)52-43)45-37(48)42(23-28-14-10-9-11-15-28)24-31(46-53-42)25-47(38(49)50-39(3,4)5)26-33-32-17-13-12-16-29(32)18-19-44-33/h9-19,27,30,34-36H,20-26H2,1-8H3,(H,45,48)/t30-,34-,35+,36-,41-,42?/m0/s1. The molecule has 3 aliphatic carbocycles. The van der Waals surface area contributed by atoms with Crippen molar-refractivity contribution in [3.8, 4) is 0 Å². The Bertz CT molecular complexity index is 1860. The van der Waals surface area contributed by atoms with E-state index in [4.69, 9.17) is 18.9 Å². The fourth-order valence-corrected chi connectivity index (χ4v) is 9.19. The number of aromatic nitrogens is 1. The van der Waals surface area contributed by atoms with Crippen LogP contribution >= 0.6 is 0 Å². The molecule has 10 nitrogen and oxygen atoms in total. The van der Waals surface area contributed by atoms with Gasteiger partial charge in [-0.3, -0.25) is 14.7 Å². The second-order valence-electron chi connectivity index (χ2n) is 17.9. The van der Waals surface area contributed by atoms with Gasteiger partial charge in [0.1, 0.15) is 5.60 Å². The van der Waals surface area contributed by atoms with Crippen LogP contribution in [0, 0.1) is 23.2 Å². The average molecular weight is 723 g/mol. The quantitative estimate of drug-likeness (QED) is 0.204. The van der Waals surface area contributed by atoms with Gasteiger partial charge in [0.2, 0.25) is 5.60 Å². The molecular weight excluding hydrogens is 667 g/mol. The zero-order valence-electron chi connectivity index (χ0n) is 32.6. The van der Waals surface area contributed by atoms with Crippen molar-refractivity contribution in [2.45, 2.75) is 123 Å². The number of benzene rings is 2. The lowest BCUT2D eigenvalue weighted by molar-refractivity contribution is -0.199. The maximum atomic E-state index is 14.7. The van der Waals surface area contributed by atoms with E-state index in [2.05, 4.69) is 50.1 Å². The summed E-state index contributed by atoms with van der Waals surface area (Å²) in [6, 6.07) is 19.8. The van der Waals surface area contributed by atoms with Crippen LogP contribution in [0.25, 0.3) is 10.8 Å². The SMILES string of the molecule is CC(C)C[C@H](NC(=O)C1(Cc2ccccc2)CC(CN(Cc2nccc3ccccc23)C(=O)OC(C)(C)C)=NO1)B1O[C@@H]2C[C@@H]3C[C@@H](C3(C)C)[C@]2(C)O1. The highest BCUT2D eigenvalue weighted by Crippen LogP contribution is 2.65. The Morgan fingerprint density at radius 1 is 1.02 bits per heavy atom. The van der Waals surface area contributed by atoms with E-state index in [0.717, 1.165) is 34.9 Å². The minimum atomic E-state index is -1.35. The highest BCUT2D eigenvalue weighted by Gasteiger charge is 2.68. The van der Waals surface area contributed by atoms with Gasteiger partial charge >= 0.3 is 13.2 Å². The minimum absolute atomic E-state index is 0.00171. The number of carbonyl (C=O) groups is 2. The summed E-state index contributed by atoms with van der Waals surface area (Å²) in [5, 5.41) is 9.86. The Labute approximate surface area is 314 Å². The summed E-state index contributed by atoms with van der Waals surface area (Å²) < 4.78 is 19.4. The number of oxime groups is 1. The number of carbonyl (C=O) groups excluding carboxylic acids is 2. The summed E-state index contributed by atoms with van der Waals surface area (Å²) in [5.74, 6) is 0.650. The topological polar surface area (TPSA) is 112 Å². The van der Waals surface area contributed by atoms with Gasteiger partial charge in [-0.1, -0.05) is 87.4 Å². The van der Waals surface area contributed by atoms with Gasteiger partial charge in [-0.05, 0) is 87.1 Å². The van der Waals surface area contributed by atoms with Crippen LogP contribution < -0.4 is 5.32 Å². The normalized spacial score (nSPS) is 27.8. The maximum Gasteiger partial charge on any atom is 0.481 e. The molecule has 1 N–H and O–H groups in total. The Morgan fingerprint density at radius 3 is 2.47 bits per heavy atom. The molecule has 3 heterocycles. The van der Waals surface area contributed by atoms with Crippen LogP contribution in [-0.4, -0.2) is 70.1 Å². The number of rotatable bonds is 11. The average Bonchev–Trinajstić information content (AvgIpc) is 3.68. The summed E-state index contributed by atoms with van der Waals surface area (Å²) in [7, 11) is -0.571.